The smallest absolute Gasteiger partial charge is 0.310 e. The zero-order chi connectivity index (χ0) is 18.7. The second-order valence-corrected chi connectivity index (χ2v) is 6.37. The molecule has 1 atom stereocenters. The van der Waals surface area contributed by atoms with Gasteiger partial charge >= 0.3 is 5.97 Å². The average molecular weight is 359 g/mol. The molecule has 1 saturated heterocycles. The van der Waals surface area contributed by atoms with Crippen molar-refractivity contribution in [2.24, 2.45) is 5.92 Å². The Morgan fingerprint density at radius 1 is 1.31 bits per heavy atom. The van der Waals surface area contributed by atoms with Crippen molar-refractivity contribution in [3.8, 4) is 5.69 Å². The van der Waals surface area contributed by atoms with Crippen LogP contribution in [0, 0.1) is 18.7 Å². The monoisotopic (exact) mass is 359 g/mol. The summed E-state index contributed by atoms with van der Waals surface area (Å²) >= 11 is 0. The lowest BCUT2D eigenvalue weighted by Gasteiger charge is -2.31. The van der Waals surface area contributed by atoms with Crippen LogP contribution in [0.2, 0.25) is 0 Å². The van der Waals surface area contributed by atoms with E-state index in [1.165, 1.54) is 18.3 Å². The first kappa shape index (κ1) is 18.1. The Hall–Kier alpha value is -2.70. The summed E-state index contributed by atoms with van der Waals surface area (Å²) in [5.74, 6) is -0.998. The van der Waals surface area contributed by atoms with E-state index in [2.05, 4.69) is 5.10 Å². The Morgan fingerprint density at radius 2 is 2.04 bits per heavy atom. The van der Waals surface area contributed by atoms with Gasteiger partial charge in [0.25, 0.3) is 5.91 Å². The van der Waals surface area contributed by atoms with Gasteiger partial charge in [-0.25, -0.2) is 9.07 Å². The number of carbonyl (C=O) groups excluding carboxylic acids is 2. The molecule has 1 aromatic carbocycles. The number of piperidine rings is 1. The lowest BCUT2D eigenvalue weighted by molar-refractivity contribution is -0.149. The van der Waals surface area contributed by atoms with Crippen molar-refractivity contribution in [3.05, 3.63) is 47.5 Å². The number of rotatable bonds is 4. The van der Waals surface area contributed by atoms with Crippen LogP contribution in [-0.2, 0) is 9.53 Å². The van der Waals surface area contributed by atoms with Crippen molar-refractivity contribution in [1.29, 1.82) is 0 Å². The van der Waals surface area contributed by atoms with Crippen LogP contribution in [-0.4, -0.2) is 46.3 Å². The molecule has 3 rings (SSSR count). The zero-order valence-corrected chi connectivity index (χ0v) is 14.9. The van der Waals surface area contributed by atoms with Gasteiger partial charge in [-0.15, -0.1) is 0 Å². The van der Waals surface area contributed by atoms with E-state index in [1.54, 1.807) is 35.6 Å². The summed E-state index contributed by atoms with van der Waals surface area (Å²) in [5, 5.41) is 4.27. The Morgan fingerprint density at radius 3 is 2.73 bits per heavy atom. The van der Waals surface area contributed by atoms with Crippen molar-refractivity contribution < 1.29 is 18.7 Å². The van der Waals surface area contributed by atoms with Crippen molar-refractivity contribution >= 4 is 11.9 Å². The Bertz CT molecular complexity index is 801. The number of ether oxygens (including phenoxy) is 1. The van der Waals surface area contributed by atoms with Crippen molar-refractivity contribution in [3.63, 3.8) is 0 Å². The van der Waals surface area contributed by atoms with Crippen LogP contribution in [0.1, 0.15) is 35.8 Å². The molecule has 0 aliphatic carbocycles. The number of aromatic nitrogens is 2. The normalized spacial score (nSPS) is 17.2. The van der Waals surface area contributed by atoms with Crippen molar-refractivity contribution in [1.82, 2.24) is 14.7 Å². The predicted octanol–water partition coefficient (Wildman–Crippen LogP) is 2.74. The summed E-state index contributed by atoms with van der Waals surface area (Å²) in [6.45, 7) is 4.88. The van der Waals surface area contributed by atoms with Crippen LogP contribution < -0.4 is 0 Å². The first-order valence-electron chi connectivity index (χ1n) is 8.77. The molecule has 1 aromatic heterocycles. The molecule has 26 heavy (non-hydrogen) atoms. The van der Waals surface area contributed by atoms with Gasteiger partial charge in [-0.2, -0.15) is 5.10 Å². The third kappa shape index (κ3) is 3.61. The molecular formula is C19H22FN3O3. The highest BCUT2D eigenvalue weighted by molar-refractivity contribution is 5.95. The molecule has 0 bridgehead atoms. The van der Waals surface area contributed by atoms with Crippen molar-refractivity contribution in [2.45, 2.75) is 26.7 Å². The molecule has 1 aliphatic heterocycles. The highest BCUT2D eigenvalue weighted by Crippen LogP contribution is 2.22. The van der Waals surface area contributed by atoms with Crippen molar-refractivity contribution in [2.75, 3.05) is 19.7 Å². The SMILES string of the molecule is CCOC(=O)[C@H]1CCCN(C(=O)c2cnn(-c3ccc(F)cc3)c2C)C1. The minimum atomic E-state index is -0.326. The van der Waals surface area contributed by atoms with Gasteiger partial charge in [0.2, 0.25) is 0 Å². The number of likely N-dealkylation sites (tertiary alicyclic amines) is 1. The molecule has 6 nitrogen and oxygen atoms in total. The number of esters is 1. The fraction of sp³-hybridized carbons (Fsp3) is 0.421. The molecule has 1 fully saturated rings. The molecule has 2 aromatic rings. The quantitative estimate of drug-likeness (QED) is 0.788. The molecule has 0 radical (unpaired) electrons. The first-order valence-corrected chi connectivity index (χ1v) is 8.77. The van der Waals surface area contributed by atoms with E-state index in [0.29, 0.717) is 36.6 Å². The molecule has 0 saturated carbocycles. The molecular weight excluding hydrogens is 337 g/mol. The molecule has 138 valence electrons. The van der Waals surface area contributed by atoms with Gasteiger partial charge in [0.15, 0.2) is 0 Å². The van der Waals surface area contributed by atoms with Gasteiger partial charge < -0.3 is 9.64 Å². The maximum Gasteiger partial charge on any atom is 0.310 e. The van der Waals surface area contributed by atoms with E-state index in [1.807, 2.05) is 0 Å². The zero-order valence-electron chi connectivity index (χ0n) is 14.9. The van der Waals surface area contributed by atoms with Gasteiger partial charge in [0.1, 0.15) is 5.82 Å². The number of hydrogen-bond acceptors (Lipinski definition) is 4. The Labute approximate surface area is 151 Å². The van der Waals surface area contributed by atoms with Gasteiger partial charge in [-0.3, -0.25) is 9.59 Å². The maximum absolute atomic E-state index is 13.1. The fourth-order valence-electron chi connectivity index (χ4n) is 3.25. The summed E-state index contributed by atoms with van der Waals surface area (Å²) in [6, 6.07) is 5.93. The number of hydrogen-bond donors (Lipinski definition) is 0. The second kappa shape index (κ2) is 7.68. The Balaban J connectivity index is 1.78. The summed E-state index contributed by atoms with van der Waals surface area (Å²) in [4.78, 5) is 26.6. The number of carbonyl (C=O) groups is 2. The molecule has 2 heterocycles. The van der Waals surface area contributed by atoms with Crippen LogP contribution in [0.4, 0.5) is 4.39 Å². The third-order valence-electron chi connectivity index (χ3n) is 4.64. The van der Waals surface area contributed by atoms with E-state index < -0.39 is 0 Å². The van der Waals surface area contributed by atoms with Gasteiger partial charge in [-0.1, -0.05) is 0 Å². The lowest BCUT2D eigenvalue weighted by atomic mass is 9.97. The summed E-state index contributed by atoms with van der Waals surface area (Å²) < 4.78 is 19.8. The molecule has 1 aliphatic rings. The molecule has 7 heteroatoms. The molecule has 0 unspecified atom stereocenters. The lowest BCUT2D eigenvalue weighted by Crippen LogP contribution is -2.43. The summed E-state index contributed by atoms with van der Waals surface area (Å²) in [7, 11) is 0. The van der Waals surface area contributed by atoms with E-state index in [0.717, 1.165) is 12.8 Å². The minimum Gasteiger partial charge on any atom is -0.466 e. The summed E-state index contributed by atoms with van der Waals surface area (Å²) in [5.41, 5.74) is 1.85. The van der Waals surface area contributed by atoms with Crippen LogP contribution in [0.5, 0.6) is 0 Å². The minimum absolute atomic E-state index is 0.148. The molecule has 1 amide bonds. The average Bonchev–Trinajstić information content (AvgIpc) is 3.03. The highest BCUT2D eigenvalue weighted by atomic mass is 19.1. The number of benzene rings is 1. The van der Waals surface area contributed by atoms with Crippen LogP contribution in [0.15, 0.2) is 30.5 Å². The van der Waals surface area contributed by atoms with E-state index in [-0.39, 0.29) is 23.6 Å². The highest BCUT2D eigenvalue weighted by Gasteiger charge is 2.31. The van der Waals surface area contributed by atoms with Gasteiger partial charge in [0.05, 0.1) is 35.7 Å². The number of amides is 1. The van der Waals surface area contributed by atoms with Crippen LogP contribution >= 0.6 is 0 Å². The maximum atomic E-state index is 13.1. The number of nitrogens with zero attached hydrogens (tertiary/aromatic N) is 3. The van der Waals surface area contributed by atoms with Crippen LogP contribution in [0.25, 0.3) is 5.69 Å². The van der Waals surface area contributed by atoms with Gasteiger partial charge in [-0.05, 0) is 51.0 Å². The topological polar surface area (TPSA) is 64.4 Å². The van der Waals surface area contributed by atoms with E-state index in [4.69, 9.17) is 4.74 Å². The fourth-order valence-corrected chi connectivity index (χ4v) is 3.25. The standard InChI is InChI=1S/C19H22FN3O3/c1-3-26-19(25)14-5-4-10-22(12-14)18(24)17-11-21-23(13(17)2)16-8-6-15(20)7-9-16/h6-9,11,14H,3-5,10,12H2,1-2H3/t14-/m0/s1. The summed E-state index contributed by atoms with van der Waals surface area (Å²) in [6.07, 6.45) is 3.02. The van der Waals surface area contributed by atoms with E-state index >= 15 is 0 Å². The first-order chi connectivity index (χ1) is 12.5. The number of halogens is 1. The third-order valence-corrected chi connectivity index (χ3v) is 4.64. The largest absolute Gasteiger partial charge is 0.466 e. The molecule has 0 N–H and O–H groups in total. The second-order valence-electron chi connectivity index (χ2n) is 6.37. The Kier molecular flexibility index (Phi) is 5.35. The molecule has 0 spiro atoms. The predicted molar refractivity (Wildman–Crippen MR) is 93.5 cm³/mol. The van der Waals surface area contributed by atoms with E-state index in [9.17, 15) is 14.0 Å². The van der Waals surface area contributed by atoms with Crippen LogP contribution in [0.3, 0.4) is 0 Å². The van der Waals surface area contributed by atoms with Gasteiger partial charge in [0, 0.05) is 13.1 Å².